The van der Waals surface area contributed by atoms with Crippen molar-refractivity contribution in [1.82, 2.24) is 5.32 Å². The summed E-state index contributed by atoms with van der Waals surface area (Å²) in [6, 6.07) is 7.54. The fourth-order valence-corrected chi connectivity index (χ4v) is 1.86. The van der Waals surface area contributed by atoms with Gasteiger partial charge >= 0.3 is 0 Å². The van der Waals surface area contributed by atoms with Crippen LogP contribution in [0.5, 0.6) is 0 Å². The van der Waals surface area contributed by atoms with Gasteiger partial charge in [-0.3, -0.25) is 4.79 Å². The molecule has 0 radical (unpaired) electrons. The van der Waals surface area contributed by atoms with Crippen LogP contribution >= 0.6 is 12.2 Å². The maximum atomic E-state index is 11.7. The number of amides is 1. The van der Waals surface area contributed by atoms with Gasteiger partial charge in [0.15, 0.2) is 0 Å². The molecule has 1 rings (SSSR count). The Morgan fingerprint density at radius 2 is 2.05 bits per heavy atom. The van der Waals surface area contributed by atoms with Gasteiger partial charge in [-0.1, -0.05) is 43.4 Å². The summed E-state index contributed by atoms with van der Waals surface area (Å²) in [6.45, 7) is 3.09. The van der Waals surface area contributed by atoms with Gasteiger partial charge in [-0.05, 0) is 11.5 Å². The third kappa shape index (κ3) is 5.81. The molecule has 0 bridgehead atoms. The first-order valence-electron chi connectivity index (χ1n) is 6.17. The second-order valence-corrected chi connectivity index (χ2v) is 5.04. The summed E-state index contributed by atoms with van der Waals surface area (Å²) in [7, 11) is 1.64. The van der Waals surface area contributed by atoms with Crippen molar-refractivity contribution < 1.29 is 9.53 Å². The summed E-state index contributed by atoms with van der Waals surface area (Å²) < 4.78 is 5.00. The Balaban J connectivity index is 2.39. The Bertz CT molecular complexity index is 432. The van der Waals surface area contributed by atoms with E-state index in [1.54, 1.807) is 7.11 Å². The van der Waals surface area contributed by atoms with Gasteiger partial charge in [0.25, 0.3) is 0 Å². The van der Waals surface area contributed by atoms with Gasteiger partial charge in [-0.25, -0.2) is 0 Å². The Morgan fingerprint density at radius 1 is 1.42 bits per heavy atom. The van der Waals surface area contributed by atoms with Gasteiger partial charge in [-0.2, -0.15) is 0 Å². The first-order chi connectivity index (χ1) is 9.02. The topological polar surface area (TPSA) is 64.3 Å². The van der Waals surface area contributed by atoms with Crippen LogP contribution in [-0.2, 0) is 16.1 Å². The molecule has 0 aromatic heterocycles. The molecule has 1 aromatic rings. The largest absolute Gasteiger partial charge is 0.389 e. The van der Waals surface area contributed by atoms with Crippen molar-refractivity contribution in [2.75, 3.05) is 13.7 Å². The molecule has 0 aliphatic rings. The number of carbonyl (C=O) groups is 1. The zero-order valence-electron chi connectivity index (χ0n) is 11.3. The summed E-state index contributed by atoms with van der Waals surface area (Å²) in [5.74, 6) is 0.255. The van der Waals surface area contributed by atoms with E-state index in [4.69, 9.17) is 22.7 Å². The normalized spacial score (nSPS) is 11.9. The summed E-state index contributed by atoms with van der Waals surface area (Å²) in [4.78, 5) is 12.0. The number of hydrogen-bond acceptors (Lipinski definition) is 3. The smallest absolute Gasteiger partial charge is 0.220 e. The minimum absolute atomic E-state index is 0.0305. The van der Waals surface area contributed by atoms with E-state index < -0.39 is 0 Å². The second kappa shape index (κ2) is 7.86. The van der Waals surface area contributed by atoms with Gasteiger partial charge in [0.2, 0.25) is 5.91 Å². The maximum Gasteiger partial charge on any atom is 0.220 e. The molecule has 4 nitrogen and oxygen atoms in total. The monoisotopic (exact) mass is 280 g/mol. The lowest BCUT2D eigenvalue weighted by atomic mass is 10.1. The molecule has 3 N–H and O–H groups in total. The standard InChI is InChI=1S/C14H20N2O2S/c1-10(9-18-2)7-13(17)16-8-11-3-5-12(6-4-11)14(15)19/h3-6,10H,7-9H2,1-2H3,(H2,15,19)(H,16,17). The quantitative estimate of drug-likeness (QED) is 0.745. The van der Waals surface area contributed by atoms with Crippen LogP contribution in [0.15, 0.2) is 24.3 Å². The van der Waals surface area contributed by atoms with E-state index in [1.807, 2.05) is 31.2 Å². The van der Waals surface area contributed by atoms with Gasteiger partial charge < -0.3 is 15.8 Å². The molecule has 1 atom stereocenters. The van der Waals surface area contributed by atoms with Crippen LogP contribution in [0.3, 0.4) is 0 Å². The Kier molecular flexibility index (Phi) is 6.45. The number of nitrogens with two attached hydrogens (primary N) is 1. The molecule has 0 aliphatic carbocycles. The summed E-state index contributed by atoms with van der Waals surface area (Å²) in [5, 5.41) is 2.88. The number of thiocarbonyl (C=S) groups is 1. The lowest BCUT2D eigenvalue weighted by Crippen LogP contribution is -2.25. The van der Waals surface area contributed by atoms with Gasteiger partial charge in [-0.15, -0.1) is 0 Å². The number of methoxy groups -OCH3 is 1. The molecule has 19 heavy (non-hydrogen) atoms. The molecule has 1 unspecified atom stereocenters. The van der Waals surface area contributed by atoms with E-state index in [0.717, 1.165) is 11.1 Å². The summed E-state index contributed by atoms with van der Waals surface area (Å²) >= 11 is 4.88. The fraction of sp³-hybridized carbons (Fsp3) is 0.429. The van der Waals surface area contributed by atoms with E-state index in [2.05, 4.69) is 5.32 Å². The van der Waals surface area contributed by atoms with Crippen molar-refractivity contribution in [3.8, 4) is 0 Å². The minimum atomic E-state index is 0.0305. The number of ether oxygens (including phenoxy) is 1. The van der Waals surface area contributed by atoms with Crippen LogP contribution in [0.25, 0.3) is 0 Å². The number of carbonyl (C=O) groups excluding carboxylic acids is 1. The molecule has 0 saturated heterocycles. The van der Waals surface area contributed by atoms with Crippen LogP contribution < -0.4 is 11.1 Å². The van der Waals surface area contributed by atoms with Crippen LogP contribution in [0, 0.1) is 5.92 Å². The van der Waals surface area contributed by atoms with E-state index in [0.29, 0.717) is 24.6 Å². The molecule has 1 aromatic carbocycles. The fourth-order valence-electron chi connectivity index (χ4n) is 1.72. The number of hydrogen-bond donors (Lipinski definition) is 2. The van der Waals surface area contributed by atoms with E-state index >= 15 is 0 Å². The Labute approximate surface area is 119 Å². The zero-order valence-corrected chi connectivity index (χ0v) is 12.1. The summed E-state index contributed by atoms with van der Waals surface area (Å²) in [6.07, 6.45) is 0.471. The number of nitrogens with one attached hydrogen (secondary N) is 1. The van der Waals surface area contributed by atoms with Crippen molar-refractivity contribution in [1.29, 1.82) is 0 Å². The van der Waals surface area contributed by atoms with Crippen LogP contribution in [-0.4, -0.2) is 24.6 Å². The van der Waals surface area contributed by atoms with Crippen molar-refractivity contribution in [2.45, 2.75) is 19.9 Å². The summed E-state index contributed by atoms with van der Waals surface area (Å²) in [5.41, 5.74) is 7.37. The third-order valence-electron chi connectivity index (χ3n) is 2.71. The SMILES string of the molecule is COCC(C)CC(=O)NCc1ccc(C(N)=S)cc1. The van der Waals surface area contributed by atoms with E-state index in [9.17, 15) is 4.79 Å². The first kappa shape index (κ1) is 15.6. The molecule has 5 heteroatoms. The molecule has 0 fully saturated rings. The van der Waals surface area contributed by atoms with Gasteiger partial charge in [0, 0.05) is 32.2 Å². The maximum absolute atomic E-state index is 11.7. The second-order valence-electron chi connectivity index (χ2n) is 4.60. The average Bonchev–Trinajstić information content (AvgIpc) is 2.37. The average molecular weight is 280 g/mol. The molecule has 104 valence electrons. The highest BCUT2D eigenvalue weighted by molar-refractivity contribution is 7.80. The van der Waals surface area contributed by atoms with Gasteiger partial charge in [0.1, 0.15) is 4.99 Å². The molecule has 0 aliphatic heterocycles. The van der Waals surface area contributed by atoms with E-state index in [1.165, 1.54) is 0 Å². The van der Waals surface area contributed by atoms with Gasteiger partial charge in [0.05, 0.1) is 0 Å². The Hall–Kier alpha value is -1.46. The highest BCUT2D eigenvalue weighted by atomic mass is 32.1. The number of rotatable bonds is 7. The molecule has 1 amide bonds. The highest BCUT2D eigenvalue weighted by Gasteiger charge is 2.08. The molecular formula is C14H20N2O2S. The van der Waals surface area contributed by atoms with Crippen LogP contribution in [0.1, 0.15) is 24.5 Å². The van der Waals surface area contributed by atoms with Crippen molar-refractivity contribution >= 4 is 23.1 Å². The van der Waals surface area contributed by atoms with Crippen molar-refractivity contribution in [3.63, 3.8) is 0 Å². The van der Waals surface area contributed by atoms with Crippen molar-refractivity contribution in [2.24, 2.45) is 11.7 Å². The lowest BCUT2D eigenvalue weighted by molar-refractivity contribution is -0.122. The molecule has 0 spiro atoms. The van der Waals surface area contributed by atoms with E-state index in [-0.39, 0.29) is 11.8 Å². The highest BCUT2D eigenvalue weighted by Crippen LogP contribution is 2.05. The van der Waals surface area contributed by atoms with Crippen LogP contribution in [0.4, 0.5) is 0 Å². The number of benzene rings is 1. The molecule has 0 heterocycles. The van der Waals surface area contributed by atoms with Crippen molar-refractivity contribution in [3.05, 3.63) is 35.4 Å². The molecular weight excluding hydrogens is 260 g/mol. The minimum Gasteiger partial charge on any atom is -0.389 e. The first-order valence-corrected chi connectivity index (χ1v) is 6.58. The third-order valence-corrected chi connectivity index (χ3v) is 2.95. The Morgan fingerprint density at radius 3 is 2.58 bits per heavy atom. The van der Waals surface area contributed by atoms with Crippen LogP contribution in [0.2, 0.25) is 0 Å². The predicted molar refractivity (Wildman–Crippen MR) is 79.8 cm³/mol. The predicted octanol–water partition coefficient (Wildman–Crippen LogP) is 1.61. The lowest BCUT2D eigenvalue weighted by Gasteiger charge is -2.10. The zero-order chi connectivity index (χ0) is 14.3. The molecule has 0 saturated carbocycles.